The number of benzene rings is 1. The fraction of sp³-hybridized carbons (Fsp3) is 0.455. The molecule has 3 heteroatoms. The standard InChI is InChI=1S/C11H16ClNO/c1-13(2)8-11(12)9-4-6-10(14-3)7-5-9/h4-7,11H,8H2,1-3H3. The molecule has 0 bridgehead atoms. The van der Waals surface area contributed by atoms with E-state index in [0.717, 1.165) is 17.9 Å². The van der Waals surface area contributed by atoms with E-state index >= 15 is 0 Å². The van der Waals surface area contributed by atoms with Crippen LogP contribution in [-0.2, 0) is 0 Å². The van der Waals surface area contributed by atoms with E-state index in [9.17, 15) is 0 Å². The van der Waals surface area contributed by atoms with Gasteiger partial charge in [0.05, 0.1) is 12.5 Å². The van der Waals surface area contributed by atoms with Gasteiger partial charge >= 0.3 is 0 Å². The molecule has 0 aliphatic heterocycles. The highest BCUT2D eigenvalue weighted by Gasteiger charge is 2.08. The van der Waals surface area contributed by atoms with E-state index in [0.29, 0.717) is 0 Å². The average Bonchev–Trinajstić information content (AvgIpc) is 2.17. The topological polar surface area (TPSA) is 12.5 Å². The van der Waals surface area contributed by atoms with Crippen molar-refractivity contribution in [3.8, 4) is 5.75 Å². The molecule has 0 spiro atoms. The van der Waals surface area contributed by atoms with Crippen LogP contribution in [0.5, 0.6) is 5.75 Å². The van der Waals surface area contributed by atoms with Gasteiger partial charge in [0, 0.05) is 6.54 Å². The van der Waals surface area contributed by atoms with Crippen molar-refractivity contribution in [1.29, 1.82) is 0 Å². The van der Waals surface area contributed by atoms with Gasteiger partial charge in [-0.3, -0.25) is 0 Å². The molecule has 2 nitrogen and oxygen atoms in total. The van der Waals surface area contributed by atoms with E-state index < -0.39 is 0 Å². The normalized spacial score (nSPS) is 12.9. The van der Waals surface area contributed by atoms with Crippen molar-refractivity contribution < 1.29 is 4.74 Å². The Morgan fingerprint density at radius 2 is 1.86 bits per heavy atom. The van der Waals surface area contributed by atoms with Crippen LogP contribution in [0.15, 0.2) is 24.3 Å². The largest absolute Gasteiger partial charge is 0.497 e. The van der Waals surface area contributed by atoms with Gasteiger partial charge in [-0.2, -0.15) is 0 Å². The summed E-state index contributed by atoms with van der Waals surface area (Å²) in [4.78, 5) is 2.07. The Balaban J connectivity index is 2.66. The van der Waals surface area contributed by atoms with Crippen LogP contribution >= 0.6 is 11.6 Å². The highest BCUT2D eigenvalue weighted by molar-refractivity contribution is 6.21. The molecule has 0 aromatic heterocycles. The molecule has 0 radical (unpaired) electrons. The van der Waals surface area contributed by atoms with Crippen LogP contribution in [0.3, 0.4) is 0 Å². The van der Waals surface area contributed by atoms with Crippen molar-refractivity contribution in [2.45, 2.75) is 5.38 Å². The minimum atomic E-state index is 0.0379. The molecule has 0 aliphatic carbocycles. The first-order chi connectivity index (χ1) is 6.63. The predicted molar refractivity (Wildman–Crippen MR) is 60.1 cm³/mol. The van der Waals surface area contributed by atoms with Gasteiger partial charge in [0.2, 0.25) is 0 Å². The second kappa shape index (κ2) is 5.23. The number of methoxy groups -OCH3 is 1. The minimum Gasteiger partial charge on any atom is -0.497 e. The van der Waals surface area contributed by atoms with Crippen LogP contribution < -0.4 is 4.74 Å². The van der Waals surface area contributed by atoms with Gasteiger partial charge < -0.3 is 9.64 Å². The molecule has 14 heavy (non-hydrogen) atoms. The third-order valence-electron chi connectivity index (χ3n) is 2.00. The van der Waals surface area contributed by atoms with E-state index in [1.54, 1.807) is 7.11 Å². The molecular formula is C11H16ClNO. The lowest BCUT2D eigenvalue weighted by Gasteiger charge is -2.15. The number of nitrogens with zero attached hydrogens (tertiary/aromatic N) is 1. The van der Waals surface area contributed by atoms with Crippen molar-refractivity contribution in [3.05, 3.63) is 29.8 Å². The van der Waals surface area contributed by atoms with Crippen molar-refractivity contribution in [3.63, 3.8) is 0 Å². The molecule has 0 heterocycles. The zero-order valence-electron chi connectivity index (χ0n) is 8.83. The summed E-state index contributed by atoms with van der Waals surface area (Å²) in [6, 6.07) is 7.86. The van der Waals surface area contributed by atoms with E-state index in [1.807, 2.05) is 38.4 Å². The molecule has 1 atom stereocenters. The molecule has 1 aromatic rings. The van der Waals surface area contributed by atoms with Crippen LogP contribution in [0.2, 0.25) is 0 Å². The first-order valence-electron chi connectivity index (χ1n) is 4.56. The van der Waals surface area contributed by atoms with Gasteiger partial charge in [-0.15, -0.1) is 11.6 Å². The zero-order chi connectivity index (χ0) is 10.6. The van der Waals surface area contributed by atoms with E-state index in [4.69, 9.17) is 16.3 Å². The second-order valence-corrected chi connectivity index (χ2v) is 4.03. The van der Waals surface area contributed by atoms with Gasteiger partial charge in [-0.25, -0.2) is 0 Å². The Kier molecular flexibility index (Phi) is 4.23. The summed E-state index contributed by atoms with van der Waals surface area (Å²) < 4.78 is 5.08. The Hall–Kier alpha value is -0.730. The molecule has 1 rings (SSSR count). The molecule has 0 fully saturated rings. The van der Waals surface area contributed by atoms with Gasteiger partial charge in [0.25, 0.3) is 0 Å². The summed E-state index contributed by atoms with van der Waals surface area (Å²) in [5.41, 5.74) is 1.13. The van der Waals surface area contributed by atoms with Gasteiger partial charge in [-0.1, -0.05) is 12.1 Å². The predicted octanol–water partition coefficient (Wildman–Crippen LogP) is 2.54. The van der Waals surface area contributed by atoms with Crippen LogP contribution in [0.4, 0.5) is 0 Å². The fourth-order valence-electron chi connectivity index (χ4n) is 1.24. The van der Waals surface area contributed by atoms with Gasteiger partial charge in [0.1, 0.15) is 5.75 Å². The summed E-state index contributed by atoms with van der Waals surface area (Å²) in [7, 11) is 5.69. The molecule has 0 amide bonds. The van der Waals surface area contributed by atoms with Crippen LogP contribution in [0, 0.1) is 0 Å². The lowest BCUT2D eigenvalue weighted by molar-refractivity contribution is 0.406. The van der Waals surface area contributed by atoms with Crippen molar-refractivity contribution in [2.24, 2.45) is 0 Å². The van der Waals surface area contributed by atoms with Gasteiger partial charge in [-0.05, 0) is 31.8 Å². The third-order valence-corrected chi connectivity index (χ3v) is 2.39. The van der Waals surface area contributed by atoms with Crippen molar-refractivity contribution in [1.82, 2.24) is 4.90 Å². The maximum atomic E-state index is 6.21. The summed E-state index contributed by atoms with van der Waals surface area (Å²) in [5, 5.41) is 0.0379. The quantitative estimate of drug-likeness (QED) is 0.713. The van der Waals surface area contributed by atoms with Crippen LogP contribution in [0.25, 0.3) is 0 Å². The Morgan fingerprint density at radius 1 is 1.29 bits per heavy atom. The molecule has 0 N–H and O–H groups in total. The number of hydrogen-bond donors (Lipinski definition) is 0. The van der Waals surface area contributed by atoms with Crippen molar-refractivity contribution >= 4 is 11.6 Å². The molecule has 0 saturated heterocycles. The molecule has 1 aromatic carbocycles. The number of alkyl halides is 1. The minimum absolute atomic E-state index is 0.0379. The van der Waals surface area contributed by atoms with Crippen LogP contribution in [0.1, 0.15) is 10.9 Å². The number of halogens is 1. The Bertz CT molecular complexity index is 271. The zero-order valence-corrected chi connectivity index (χ0v) is 9.58. The summed E-state index contributed by atoms with van der Waals surface area (Å²) in [6.07, 6.45) is 0. The molecular weight excluding hydrogens is 198 g/mol. The lowest BCUT2D eigenvalue weighted by Crippen LogP contribution is -2.17. The second-order valence-electron chi connectivity index (χ2n) is 3.50. The molecule has 0 saturated carbocycles. The number of likely N-dealkylation sites (N-methyl/N-ethyl adjacent to an activating group) is 1. The maximum absolute atomic E-state index is 6.21. The monoisotopic (exact) mass is 213 g/mol. The Labute approximate surface area is 90.4 Å². The maximum Gasteiger partial charge on any atom is 0.118 e. The third kappa shape index (κ3) is 3.20. The van der Waals surface area contributed by atoms with E-state index in [-0.39, 0.29) is 5.38 Å². The number of rotatable bonds is 4. The average molecular weight is 214 g/mol. The first kappa shape index (κ1) is 11.3. The van der Waals surface area contributed by atoms with Crippen LogP contribution in [-0.4, -0.2) is 32.6 Å². The van der Waals surface area contributed by atoms with E-state index in [1.165, 1.54) is 0 Å². The lowest BCUT2D eigenvalue weighted by atomic mass is 10.1. The first-order valence-corrected chi connectivity index (χ1v) is 5.00. The van der Waals surface area contributed by atoms with E-state index in [2.05, 4.69) is 4.90 Å². The molecule has 0 aliphatic rings. The smallest absolute Gasteiger partial charge is 0.118 e. The number of hydrogen-bond acceptors (Lipinski definition) is 2. The fourth-order valence-corrected chi connectivity index (χ4v) is 1.66. The highest BCUT2D eigenvalue weighted by atomic mass is 35.5. The summed E-state index contributed by atoms with van der Waals surface area (Å²) in [5.74, 6) is 0.863. The molecule has 78 valence electrons. The Morgan fingerprint density at radius 3 is 2.29 bits per heavy atom. The van der Waals surface area contributed by atoms with Crippen molar-refractivity contribution in [2.75, 3.05) is 27.7 Å². The summed E-state index contributed by atoms with van der Waals surface area (Å²) in [6.45, 7) is 0.841. The SMILES string of the molecule is COc1ccc(C(Cl)CN(C)C)cc1. The summed E-state index contributed by atoms with van der Waals surface area (Å²) >= 11 is 6.21. The molecule has 1 unspecified atom stereocenters. The number of ether oxygens (including phenoxy) is 1. The van der Waals surface area contributed by atoms with Gasteiger partial charge in [0.15, 0.2) is 0 Å². The highest BCUT2D eigenvalue weighted by Crippen LogP contribution is 2.23.